The van der Waals surface area contributed by atoms with Crippen LogP contribution in [0.4, 0.5) is 0 Å². The lowest BCUT2D eigenvalue weighted by atomic mass is 9.97. The lowest BCUT2D eigenvalue weighted by molar-refractivity contribution is -0.149. The van der Waals surface area contributed by atoms with Gasteiger partial charge in [0, 0.05) is 18.4 Å². The largest absolute Gasteiger partial charge is 0.292 e. The lowest BCUT2D eigenvalue weighted by Crippen LogP contribution is -2.45. The molecule has 20 heavy (non-hydrogen) atoms. The molecule has 0 aromatic heterocycles. The average Bonchev–Trinajstić information content (AvgIpc) is 2.36. The molecule has 1 aliphatic rings. The molecule has 1 aliphatic heterocycles. The molecule has 4 nitrogen and oxygen atoms in total. The summed E-state index contributed by atoms with van der Waals surface area (Å²) in [6.45, 7) is 5.64. The maximum atomic E-state index is 12.2. The first-order valence-corrected chi connectivity index (χ1v) is 6.82. The summed E-state index contributed by atoms with van der Waals surface area (Å²) in [5, 5.41) is 0. The molecule has 0 saturated carbocycles. The van der Waals surface area contributed by atoms with Crippen molar-refractivity contribution in [3.8, 4) is 0 Å². The highest BCUT2D eigenvalue weighted by Gasteiger charge is 2.31. The van der Waals surface area contributed by atoms with E-state index in [1.165, 1.54) is 0 Å². The van der Waals surface area contributed by atoms with Gasteiger partial charge >= 0.3 is 0 Å². The van der Waals surface area contributed by atoms with Crippen molar-refractivity contribution < 1.29 is 14.4 Å². The summed E-state index contributed by atoms with van der Waals surface area (Å²) in [5.41, 5.74) is 2.69. The molecular weight excluding hydrogens is 254 g/mol. The van der Waals surface area contributed by atoms with Crippen molar-refractivity contribution in [3.63, 3.8) is 0 Å². The molecule has 1 saturated heterocycles. The number of amides is 2. The molecule has 2 rings (SSSR count). The number of hydrogen-bond acceptors (Lipinski definition) is 3. The molecule has 0 N–H and O–H groups in total. The first kappa shape index (κ1) is 14.4. The standard InChI is InChI=1S/C16H19NO3/c1-10-6-15(19)17(16(20)7-10)9-14(18)13-5-4-11(2)12(3)8-13/h4-5,8,10H,6-7,9H2,1-3H3. The summed E-state index contributed by atoms with van der Waals surface area (Å²) in [5.74, 6) is -0.607. The molecule has 0 unspecified atom stereocenters. The number of carbonyl (C=O) groups is 3. The minimum atomic E-state index is -0.245. The van der Waals surface area contributed by atoms with Gasteiger partial charge in [0.1, 0.15) is 0 Å². The Hall–Kier alpha value is -1.97. The Bertz CT molecular complexity index is 559. The maximum absolute atomic E-state index is 12.2. The van der Waals surface area contributed by atoms with E-state index in [1.807, 2.05) is 26.8 Å². The summed E-state index contributed by atoms with van der Waals surface area (Å²) in [6.07, 6.45) is 0.678. The van der Waals surface area contributed by atoms with Crippen LogP contribution in [0.2, 0.25) is 0 Å². The minimum Gasteiger partial charge on any atom is -0.292 e. The van der Waals surface area contributed by atoms with Gasteiger partial charge in [0.15, 0.2) is 5.78 Å². The molecule has 1 fully saturated rings. The van der Waals surface area contributed by atoms with Gasteiger partial charge in [-0.1, -0.05) is 19.1 Å². The van der Waals surface area contributed by atoms with Crippen LogP contribution in [0, 0.1) is 19.8 Å². The third-order valence-electron chi connectivity index (χ3n) is 3.78. The van der Waals surface area contributed by atoms with E-state index in [2.05, 4.69) is 0 Å². The second-order valence-corrected chi connectivity index (χ2v) is 5.61. The summed E-state index contributed by atoms with van der Waals surface area (Å²) in [7, 11) is 0. The van der Waals surface area contributed by atoms with Gasteiger partial charge in [0.25, 0.3) is 0 Å². The summed E-state index contributed by atoms with van der Waals surface area (Å²) in [6, 6.07) is 5.43. The molecule has 1 aromatic rings. The van der Waals surface area contributed by atoms with E-state index in [0.717, 1.165) is 16.0 Å². The zero-order valence-electron chi connectivity index (χ0n) is 12.1. The van der Waals surface area contributed by atoms with Gasteiger partial charge in [-0.3, -0.25) is 19.3 Å². The number of hydrogen-bond donors (Lipinski definition) is 0. The molecular formula is C16H19NO3. The number of ketones is 1. The van der Waals surface area contributed by atoms with Gasteiger partial charge in [-0.05, 0) is 37.0 Å². The Kier molecular flexibility index (Phi) is 4.02. The maximum Gasteiger partial charge on any atom is 0.229 e. The van der Waals surface area contributed by atoms with Crippen LogP contribution in [0.25, 0.3) is 0 Å². The molecule has 1 heterocycles. The number of piperidine rings is 1. The van der Waals surface area contributed by atoms with Gasteiger partial charge in [-0.25, -0.2) is 0 Å². The normalized spacial score (nSPS) is 16.6. The Morgan fingerprint density at radius 2 is 1.75 bits per heavy atom. The zero-order chi connectivity index (χ0) is 14.9. The zero-order valence-corrected chi connectivity index (χ0v) is 12.1. The lowest BCUT2D eigenvalue weighted by Gasteiger charge is -2.27. The number of rotatable bonds is 3. The van der Waals surface area contributed by atoms with E-state index >= 15 is 0 Å². The van der Waals surface area contributed by atoms with E-state index in [0.29, 0.717) is 18.4 Å². The number of likely N-dealkylation sites (tertiary alicyclic amines) is 1. The van der Waals surface area contributed by atoms with Crippen LogP contribution in [0.15, 0.2) is 18.2 Å². The molecule has 0 spiro atoms. The minimum absolute atomic E-state index is 0.0722. The number of aryl methyl sites for hydroxylation is 2. The van der Waals surface area contributed by atoms with Crippen LogP contribution in [-0.4, -0.2) is 29.0 Å². The fourth-order valence-corrected chi connectivity index (χ4v) is 2.35. The first-order valence-electron chi connectivity index (χ1n) is 6.82. The Balaban J connectivity index is 2.13. The van der Waals surface area contributed by atoms with Crippen molar-refractivity contribution in [2.24, 2.45) is 5.92 Å². The van der Waals surface area contributed by atoms with E-state index in [4.69, 9.17) is 0 Å². The molecule has 0 atom stereocenters. The number of nitrogens with zero attached hydrogens (tertiary/aromatic N) is 1. The van der Waals surface area contributed by atoms with Crippen LogP contribution in [0.3, 0.4) is 0 Å². The van der Waals surface area contributed by atoms with Crippen LogP contribution in [0.5, 0.6) is 0 Å². The molecule has 0 aliphatic carbocycles. The van der Waals surface area contributed by atoms with E-state index in [9.17, 15) is 14.4 Å². The monoisotopic (exact) mass is 273 g/mol. The predicted octanol–water partition coefficient (Wildman–Crippen LogP) is 2.27. The van der Waals surface area contributed by atoms with Crippen LogP contribution in [-0.2, 0) is 9.59 Å². The van der Waals surface area contributed by atoms with E-state index in [-0.39, 0.29) is 30.1 Å². The molecule has 1 aromatic carbocycles. The van der Waals surface area contributed by atoms with E-state index in [1.54, 1.807) is 12.1 Å². The SMILES string of the molecule is Cc1ccc(C(=O)CN2C(=O)CC(C)CC2=O)cc1C. The fourth-order valence-electron chi connectivity index (χ4n) is 2.35. The third kappa shape index (κ3) is 2.95. The summed E-state index contributed by atoms with van der Waals surface area (Å²) < 4.78 is 0. The van der Waals surface area contributed by atoms with E-state index < -0.39 is 0 Å². The van der Waals surface area contributed by atoms with Gasteiger partial charge in [-0.15, -0.1) is 0 Å². The van der Waals surface area contributed by atoms with Crippen LogP contribution < -0.4 is 0 Å². The number of Topliss-reactive ketones (excluding diaryl/α,β-unsaturated/α-hetero) is 1. The van der Waals surface area contributed by atoms with Gasteiger partial charge < -0.3 is 0 Å². The molecule has 2 amide bonds. The fraction of sp³-hybridized carbons (Fsp3) is 0.438. The quantitative estimate of drug-likeness (QED) is 0.627. The van der Waals surface area contributed by atoms with Crippen LogP contribution in [0.1, 0.15) is 41.3 Å². The topological polar surface area (TPSA) is 54.5 Å². The van der Waals surface area contributed by atoms with Crippen molar-refractivity contribution >= 4 is 17.6 Å². The Morgan fingerprint density at radius 3 is 2.30 bits per heavy atom. The Labute approximate surface area is 118 Å². The molecule has 106 valence electrons. The molecule has 4 heteroatoms. The highest BCUT2D eigenvalue weighted by molar-refractivity contribution is 6.05. The van der Waals surface area contributed by atoms with Gasteiger partial charge in [0.05, 0.1) is 6.54 Å². The van der Waals surface area contributed by atoms with Crippen LogP contribution >= 0.6 is 0 Å². The van der Waals surface area contributed by atoms with Crippen molar-refractivity contribution in [1.29, 1.82) is 0 Å². The number of benzene rings is 1. The number of imide groups is 1. The highest BCUT2D eigenvalue weighted by Crippen LogP contribution is 2.19. The second kappa shape index (κ2) is 5.57. The van der Waals surface area contributed by atoms with Crippen molar-refractivity contribution in [2.75, 3.05) is 6.54 Å². The van der Waals surface area contributed by atoms with Crippen molar-refractivity contribution in [2.45, 2.75) is 33.6 Å². The number of carbonyl (C=O) groups excluding carboxylic acids is 3. The highest BCUT2D eigenvalue weighted by atomic mass is 16.2. The van der Waals surface area contributed by atoms with Crippen molar-refractivity contribution in [1.82, 2.24) is 4.90 Å². The van der Waals surface area contributed by atoms with Gasteiger partial charge in [0.2, 0.25) is 11.8 Å². The smallest absolute Gasteiger partial charge is 0.229 e. The average molecular weight is 273 g/mol. The third-order valence-corrected chi connectivity index (χ3v) is 3.78. The molecule has 0 bridgehead atoms. The molecule has 0 radical (unpaired) electrons. The Morgan fingerprint density at radius 1 is 1.15 bits per heavy atom. The second-order valence-electron chi connectivity index (χ2n) is 5.61. The summed E-state index contributed by atoms with van der Waals surface area (Å²) >= 11 is 0. The van der Waals surface area contributed by atoms with Gasteiger partial charge in [-0.2, -0.15) is 0 Å². The predicted molar refractivity (Wildman–Crippen MR) is 75.4 cm³/mol. The first-order chi connectivity index (χ1) is 9.38. The summed E-state index contributed by atoms with van der Waals surface area (Å²) in [4.78, 5) is 37.0. The van der Waals surface area contributed by atoms with Crippen molar-refractivity contribution in [3.05, 3.63) is 34.9 Å².